The summed E-state index contributed by atoms with van der Waals surface area (Å²) in [4.78, 5) is 2.36. The van der Waals surface area contributed by atoms with E-state index in [0.29, 0.717) is 0 Å². The van der Waals surface area contributed by atoms with Crippen LogP contribution in [0, 0.1) is 0 Å². The van der Waals surface area contributed by atoms with Crippen LogP contribution in [0.4, 0.5) is 5.69 Å². The SMILES string of the molecule is CCN(C)c1cccc2c1-c1ccccc1C21c2ccccc2-c2ccccc21. The highest BCUT2D eigenvalue weighted by Crippen LogP contribution is 2.63. The number of anilines is 1. The highest BCUT2D eigenvalue weighted by Gasteiger charge is 2.51. The maximum Gasteiger partial charge on any atom is 0.0726 e. The Morgan fingerprint density at radius 3 is 1.66 bits per heavy atom. The minimum atomic E-state index is -0.232. The van der Waals surface area contributed by atoms with Crippen molar-refractivity contribution < 1.29 is 0 Å². The minimum Gasteiger partial charge on any atom is -0.374 e. The molecule has 0 amide bonds. The highest BCUT2D eigenvalue weighted by atomic mass is 15.1. The average molecular weight is 373 g/mol. The molecule has 0 heterocycles. The second-order valence-electron chi connectivity index (χ2n) is 8.10. The second-order valence-corrected chi connectivity index (χ2v) is 8.10. The van der Waals surface area contributed by atoms with Crippen LogP contribution in [-0.2, 0) is 5.41 Å². The maximum absolute atomic E-state index is 2.36. The lowest BCUT2D eigenvalue weighted by Crippen LogP contribution is -2.26. The lowest BCUT2D eigenvalue weighted by Gasteiger charge is -2.31. The standard InChI is InChI=1S/C28H23N/c1-3-29(2)26-18-10-17-25-27(26)21-13-6-9-16-24(21)28(25)22-14-7-4-11-19(22)20-12-5-8-15-23(20)28/h4-18H,3H2,1-2H3. The monoisotopic (exact) mass is 373 g/mol. The second kappa shape index (κ2) is 5.84. The van der Waals surface area contributed by atoms with Gasteiger partial charge in [-0.05, 0) is 51.9 Å². The molecule has 1 spiro atoms. The van der Waals surface area contributed by atoms with Crippen molar-refractivity contribution in [2.24, 2.45) is 0 Å². The molecule has 2 aliphatic carbocycles. The molecule has 0 unspecified atom stereocenters. The number of benzene rings is 4. The van der Waals surface area contributed by atoms with E-state index in [1.54, 1.807) is 0 Å². The van der Waals surface area contributed by atoms with Gasteiger partial charge in [0.25, 0.3) is 0 Å². The number of hydrogen-bond acceptors (Lipinski definition) is 1. The summed E-state index contributed by atoms with van der Waals surface area (Å²) in [5, 5.41) is 0. The van der Waals surface area contributed by atoms with Gasteiger partial charge in [-0.3, -0.25) is 0 Å². The molecule has 0 aliphatic heterocycles. The van der Waals surface area contributed by atoms with E-state index in [2.05, 4.69) is 110 Å². The Morgan fingerprint density at radius 2 is 1.07 bits per heavy atom. The van der Waals surface area contributed by atoms with Gasteiger partial charge < -0.3 is 4.90 Å². The van der Waals surface area contributed by atoms with Crippen LogP contribution in [0.25, 0.3) is 22.3 Å². The number of nitrogens with zero attached hydrogens (tertiary/aromatic N) is 1. The molecule has 0 saturated carbocycles. The van der Waals surface area contributed by atoms with Gasteiger partial charge >= 0.3 is 0 Å². The summed E-state index contributed by atoms with van der Waals surface area (Å²) in [5.74, 6) is 0. The van der Waals surface area contributed by atoms with Crippen molar-refractivity contribution in [3.63, 3.8) is 0 Å². The van der Waals surface area contributed by atoms with Crippen molar-refractivity contribution >= 4 is 5.69 Å². The Kier molecular flexibility index (Phi) is 3.35. The van der Waals surface area contributed by atoms with E-state index in [1.165, 1.54) is 50.2 Å². The first-order chi connectivity index (χ1) is 14.3. The third-order valence-electron chi connectivity index (χ3n) is 6.88. The minimum absolute atomic E-state index is 0.232. The molecule has 0 bridgehead atoms. The van der Waals surface area contributed by atoms with Gasteiger partial charge in [-0.1, -0.05) is 84.9 Å². The Hall–Kier alpha value is -3.32. The van der Waals surface area contributed by atoms with E-state index in [-0.39, 0.29) is 5.41 Å². The molecule has 0 atom stereocenters. The Labute approximate surface area is 172 Å². The predicted molar refractivity (Wildman–Crippen MR) is 122 cm³/mol. The van der Waals surface area contributed by atoms with Crippen LogP contribution in [0.15, 0.2) is 91.0 Å². The summed E-state index contributed by atoms with van der Waals surface area (Å²) in [6, 6.07) is 33.8. The van der Waals surface area contributed by atoms with Crippen LogP contribution >= 0.6 is 0 Å². The largest absolute Gasteiger partial charge is 0.374 e. The first-order valence-electron chi connectivity index (χ1n) is 10.4. The molecular formula is C28H23N. The van der Waals surface area contributed by atoms with Crippen molar-refractivity contribution in [1.82, 2.24) is 0 Å². The van der Waals surface area contributed by atoms with Crippen molar-refractivity contribution in [3.05, 3.63) is 113 Å². The van der Waals surface area contributed by atoms with Gasteiger partial charge in [-0.25, -0.2) is 0 Å². The zero-order valence-corrected chi connectivity index (χ0v) is 16.8. The number of rotatable bonds is 2. The molecule has 29 heavy (non-hydrogen) atoms. The van der Waals surface area contributed by atoms with Gasteiger partial charge in [0.15, 0.2) is 0 Å². The molecule has 0 saturated heterocycles. The molecule has 0 radical (unpaired) electrons. The molecule has 6 rings (SSSR count). The summed E-state index contributed by atoms with van der Waals surface area (Å²) < 4.78 is 0. The van der Waals surface area contributed by atoms with Gasteiger partial charge in [-0.15, -0.1) is 0 Å². The molecule has 1 nitrogen and oxygen atoms in total. The van der Waals surface area contributed by atoms with Crippen LogP contribution in [0.3, 0.4) is 0 Å². The van der Waals surface area contributed by atoms with Crippen molar-refractivity contribution in [1.29, 1.82) is 0 Å². The zero-order chi connectivity index (χ0) is 19.6. The summed E-state index contributed by atoms with van der Waals surface area (Å²) in [7, 11) is 2.19. The lowest BCUT2D eigenvalue weighted by molar-refractivity contribution is 0.793. The normalized spacial score (nSPS) is 14.3. The fourth-order valence-corrected chi connectivity index (χ4v) is 5.61. The summed E-state index contributed by atoms with van der Waals surface area (Å²) >= 11 is 0. The molecule has 1 heteroatoms. The van der Waals surface area contributed by atoms with E-state index in [4.69, 9.17) is 0 Å². The molecule has 140 valence electrons. The smallest absolute Gasteiger partial charge is 0.0726 e. The van der Waals surface area contributed by atoms with Crippen LogP contribution < -0.4 is 4.90 Å². The van der Waals surface area contributed by atoms with E-state index in [1.807, 2.05) is 0 Å². The summed E-state index contributed by atoms with van der Waals surface area (Å²) in [5.41, 5.74) is 12.2. The predicted octanol–water partition coefficient (Wildman–Crippen LogP) is 6.49. The first-order valence-corrected chi connectivity index (χ1v) is 10.4. The van der Waals surface area contributed by atoms with Gasteiger partial charge in [0.2, 0.25) is 0 Å². The Bertz CT molecular complexity index is 1220. The third-order valence-corrected chi connectivity index (χ3v) is 6.88. The molecular weight excluding hydrogens is 350 g/mol. The highest BCUT2D eigenvalue weighted by molar-refractivity contribution is 5.98. The van der Waals surface area contributed by atoms with Crippen LogP contribution in [0.1, 0.15) is 29.2 Å². The molecule has 0 aromatic heterocycles. The number of hydrogen-bond donors (Lipinski definition) is 0. The van der Waals surface area contributed by atoms with Gasteiger partial charge in [-0.2, -0.15) is 0 Å². The van der Waals surface area contributed by atoms with E-state index in [0.717, 1.165) is 6.54 Å². The van der Waals surface area contributed by atoms with Gasteiger partial charge in [0.1, 0.15) is 0 Å². The fourth-order valence-electron chi connectivity index (χ4n) is 5.61. The van der Waals surface area contributed by atoms with Crippen molar-refractivity contribution in [2.75, 3.05) is 18.5 Å². The molecule has 4 aromatic carbocycles. The van der Waals surface area contributed by atoms with E-state index < -0.39 is 0 Å². The lowest BCUT2D eigenvalue weighted by atomic mass is 9.70. The third kappa shape index (κ3) is 1.90. The quantitative estimate of drug-likeness (QED) is 0.335. The number of fused-ring (bicyclic) bond motifs is 10. The molecule has 0 fully saturated rings. The van der Waals surface area contributed by atoms with Crippen molar-refractivity contribution in [2.45, 2.75) is 12.3 Å². The van der Waals surface area contributed by atoms with Crippen LogP contribution in [-0.4, -0.2) is 13.6 Å². The fraction of sp³-hybridized carbons (Fsp3) is 0.143. The molecule has 4 aromatic rings. The van der Waals surface area contributed by atoms with E-state index >= 15 is 0 Å². The zero-order valence-electron chi connectivity index (χ0n) is 16.8. The van der Waals surface area contributed by atoms with E-state index in [9.17, 15) is 0 Å². The van der Waals surface area contributed by atoms with Gasteiger partial charge in [0.05, 0.1) is 5.41 Å². The first kappa shape index (κ1) is 16.6. The van der Waals surface area contributed by atoms with Crippen molar-refractivity contribution in [3.8, 4) is 22.3 Å². The molecule has 0 N–H and O–H groups in total. The molecule has 2 aliphatic rings. The maximum atomic E-state index is 2.36. The van der Waals surface area contributed by atoms with Crippen LogP contribution in [0.5, 0.6) is 0 Å². The van der Waals surface area contributed by atoms with Crippen LogP contribution in [0.2, 0.25) is 0 Å². The summed E-state index contributed by atoms with van der Waals surface area (Å²) in [6.07, 6.45) is 0. The Morgan fingerprint density at radius 1 is 0.586 bits per heavy atom. The van der Waals surface area contributed by atoms with Gasteiger partial charge in [0, 0.05) is 24.8 Å². The Balaban J connectivity index is 1.83. The summed E-state index contributed by atoms with van der Waals surface area (Å²) in [6.45, 7) is 3.20. The topological polar surface area (TPSA) is 3.24 Å². The average Bonchev–Trinajstić information content (AvgIpc) is 3.26.